The third-order valence-electron chi connectivity index (χ3n) is 1.78. The fourth-order valence-corrected chi connectivity index (χ4v) is 1.10. The normalized spacial score (nSPS) is 24.8. The second kappa shape index (κ2) is 2.65. The second-order valence-corrected chi connectivity index (χ2v) is 2.97. The first-order valence-corrected chi connectivity index (χ1v) is 3.84. The van der Waals surface area contributed by atoms with Crippen LogP contribution >= 0.6 is 0 Å². The van der Waals surface area contributed by atoms with Crippen molar-refractivity contribution in [2.24, 2.45) is 15.0 Å². The molecule has 0 radical (unpaired) electrons. The first-order valence-electron chi connectivity index (χ1n) is 3.84. The van der Waals surface area contributed by atoms with Gasteiger partial charge >= 0.3 is 0 Å². The van der Waals surface area contributed by atoms with Gasteiger partial charge in [-0.25, -0.2) is 4.99 Å². The molecule has 6 nitrogen and oxygen atoms in total. The van der Waals surface area contributed by atoms with E-state index in [-0.39, 0.29) is 5.91 Å². The van der Waals surface area contributed by atoms with E-state index in [0.717, 1.165) is 0 Å². The van der Waals surface area contributed by atoms with Crippen LogP contribution in [0.25, 0.3) is 0 Å². The van der Waals surface area contributed by atoms with Gasteiger partial charge in [-0.05, 0) is 0 Å². The highest BCUT2D eigenvalue weighted by Crippen LogP contribution is 2.07. The van der Waals surface area contributed by atoms with E-state index in [2.05, 4.69) is 20.3 Å². The lowest BCUT2D eigenvalue weighted by atomic mass is 10.2. The van der Waals surface area contributed by atoms with Crippen molar-refractivity contribution in [3.05, 3.63) is 0 Å². The summed E-state index contributed by atoms with van der Waals surface area (Å²) in [5, 5.41) is 2.63. The van der Waals surface area contributed by atoms with Gasteiger partial charge < -0.3 is 4.90 Å². The third-order valence-corrected chi connectivity index (χ3v) is 1.78. The highest BCUT2D eigenvalue weighted by molar-refractivity contribution is 6.22. The number of rotatable bonds is 0. The number of carbonyl (C=O) groups is 1. The molecule has 1 amide bonds. The number of hydrogen-bond acceptors (Lipinski definition) is 5. The van der Waals surface area contributed by atoms with Crippen LogP contribution in [0.2, 0.25) is 0 Å². The topological polar surface area (TPSA) is 69.4 Å². The van der Waals surface area contributed by atoms with Gasteiger partial charge in [0.25, 0.3) is 5.91 Å². The van der Waals surface area contributed by atoms with Crippen LogP contribution in [-0.2, 0) is 4.79 Å². The average molecular weight is 179 g/mol. The fourth-order valence-electron chi connectivity index (χ4n) is 1.10. The van der Waals surface area contributed by atoms with Crippen LogP contribution in [0.5, 0.6) is 0 Å². The number of nitrogens with one attached hydrogen (secondary N) is 1. The van der Waals surface area contributed by atoms with Crippen molar-refractivity contribution in [1.82, 2.24) is 10.2 Å². The van der Waals surface area contributed by atoms with E-state index in [9.17, 15) is 4.79 Å². The summed E-state index contributed by atoms with van der Waals surface area (Å²) in [6.07, 6.45) is 1.36. The molecule has 1 N–H and O–H groups in total. The Balaban J connectivity index is 2.33. The maximum Gasteiger partial charge on any atom is 0.259 e. The molecule has 0 aromatic rings. The Bertz CT molecular complexity index is 341. The summed E-state index contributed by atoms with van der Waals surface area (Å²) in [5.41, 5.74) is 0. The van der Waals surface area contributed by atoms with E-state index in [1.807, 2.05) is 0 Å². The molecule has 2 aliphatic rings. The van der Waals surface area contributed by atoms with Gasteiger partial charge in [-0.2, -0.15) is 4.99 Å². The van der Waals surface area contributed by atoms with Gasteiger partial charge in [0.2, 0.25) is 5.96 Å². The molecule has 2 rings (SSSR count). The molecule has 0 fully saturated rings. The highest BCUT2D eigenvalue weighted by atomic mass is 16.2. The smallest absolute Gasteiger partial charge is 0.259 e. The molecule has 1 unspecified atom stereocenters. The molecule has 0 saturated carbocycles. The van der Waals surface area contributed by atoms with Crippen molar-refractivity contribution in [3.8, 4) is 0 Å². The quantitative estimate of drug-likeness (QED) is 0.509. The number of hydrogen-bond donors (Lipinski definition) is 1. The zero-order chi connectivity index (χ0) is 9.42. The Morgan fingerprint density at radius 2 is 2.31 bits per heavy atom. The van der Waals surface area contributed by atoms with Crippen molar-refractivity contribution in [2.45, 2.75) is 6.04 Å². The predicted molar refractivity (Wildman–Crippen MR) is 49.0 cm³/mol. The van der Waals surface area contributed by atoms with Crippen LogP contribution in [-0.4, -0.2) is 49.1 Å². The summed E-state index contributed by atoms with van der Waals surface area (Å²) < 4.78 is 0. The Kier molecular flexibility index (Phi) is 1.61. The lowest BCUT2D eigenvalue weighted by molar-refractivity contribution is -0.119. The van der Waals surface area contributed by atoms with Gasteiger partial charge in [-0.3, -0.25) is 15.1 Å². The van der Waals surface area contributed by atoms with Gasteiger partial charge in [0.15, 0.2) is 11.9 Å². The van der Waals surface area contributed by atoms with E-state index in [1.54, 1.807) is 19.0 Å². The Morgan fingerprint density at radius 1 is 1.54 bits per heavy atom. The molecule has 13 heavy (non-hydrogen) atoms. The fraction of sp³-hybridized carbons (Fsp3) is 0.429. The third kappa shape index (κ3) is 1.20. The molecule has 0 spiro atoms. The predicted octanol–water partition coefficient (Wildman–Crippen LogP) is -1.16. The largest absolute Gasteiger partial charge is 0.348 e. The summed E-state index contributed by atoms with van der Waals surface area (Å²) in [7, 11) is 3.60. The highest BCUT2D eigenvalue weighted by Gasteiger charge is 2.31. The van der Waals surface area contributed by atoms with Crippen molar-refractivity contribution < 1.29 is 4.79 Å². The van der Waals surface area contributed by atoms with E-state index >= 15 is 0 Å². The van der Waals surface area contributed by atoms with Crippen LogP contribution in [0.4, 0.5) is 0 Å². The van der Waals surface area contributed by atoms with Crippen molar-refractivity contribution >= 4 is 24.0 Å². The van der Waals surface area contributed by atoms with E-state index in [4.69, 9.17) is 0 Å². The molecule has 1 atom stereocenters. The minimum absolute atomic E-state index is 0.175. The standard InChI is InChI=1S/C7H9N5O/c1-12(2)7-10-5-4(6(13)11-7)8-3-9-5/h3-4H,1-2H3,(H,8,9,10,11,13). The molecule has 68 valence electrons. The number of amides is 1. The van der Waals surface area contributed by atoms with Crippen LogP contribution in [0, 0.1) is 0 Å². The average Bonchev–Trinajstić information content (AvgIpc) is 2.51. The summed E-state index contributed by atoms with van der Waals surface area (Å²) >= 11 is 0. The molecule has 6 heteroatoms. The molecular formula is C7H9N5O. The van der Waals surface area contributed by atoms with Crippen molar-refractivity contribution in [2.75, 3.05) is 14.1 Å². The Morgan fingerprint density at radius 3 is 3.00 bits per heavy atom. The number of amidine groups is 1. The first kappa shape index (κ1) is 7.90. The van der Waals surface area contributed by atoms with Crippen molar-refractivity contribution in [1.29, 1.82) is 0 Å². The molecule has 0 bridgehead atoms. The zero-order valence-corrected chi connectivity index (χ0v) is 7.35. The molecule has 2 aliphatic heterocycles. The Hall–Kier alpha value is -1.72. The molecule has 0 aromatic carbocycles. The lowest BCUT2D eigenvalue weighted by Crippen LogP contribution is -2.50. The van der Waals surface area contributed by atoms with Gasteiger partial charge in [0.1, 0.15) is 6.34 Å². The van der Waals surface area contributed by atoms with Crippen LogP contribution < -0.4 is 5.32 Å². The SMILES string of the molecule is CN(C)C1=NC2=NC=NC2C(=O)N1. The van der Waals surface area contributed by atoms with Gasteiger partial charge in [-0.1, -0.05) is 0 Å². The summed E-state index contributed by atoms with van der Waals surface area (Å²) in [6.45, 7) is 0. The number of nitrogens with zero attached hydrogens (tertiary/aromatic N) is 4. The summed E-state index contributed by atoms with van der Waals surface area (Å²) in [6, 6.07) is -0.538. The number of aliphatic imine (C=N–C) groups is 3. The number of carbonyl (C=O) groups excluding carboxylic acids is 1. The molecule has 0 aromatic heterocycles. The zero-order valence-electron chi connectivity index (χ0n) is 7.35. The lowest BCUT2D eigenvalue weighted by Gasteiger charge is -2.21. The van der Waals surface area contributed by atoms with E-state index in [0.29, 0.717) is 11.8 Å². The maximum atomic E-state index is 11.4. The van der Waals surface area contributed by atoms with Crippen molar-refractivity contribution in [3.63, 3.8) is 0 Å². The number of guanidine groups is 1. The van der Waals surface area contributed by atoms with Gasteiger partial charge in [0, 0.05) is 14.1 Å². The molecule has 0 saturated heterocycles. The second-order valence-electron chi connectivity index (χ2n) is 2.97. The number of fused-ring (bicyclic) bond motifs is 1. The van der Waals surface area contributed by atoms with E-state index in [1.165, 1.54) is 6.34 Å². The van der Waals surface area contributed by atoms with Crippen LogP contribution in [0.1, 0.15) is 0 Å². The maximum absolute atomic E-state index is 11.4. The van der Waals surface area contributed by atoms with Crippen LogP contribution in [0.15, 0.2) is 15.0 Å². The molecule has 0 aliphatic carbocycles. The van der Waals surface area contributed by atoms with Crippen LogP contribution in [0.3, 0.4) is 0 Å². The van der Waals surface area contributed by atoms with Gasteiger partial charge in [0.05, 0.1) is 0 Å². The minimum Gasteiger partial charge on any atom is -0.348 e. The summed E-state index contributed by atoms with van der Waals surface area (Å²) in [4.78, 5) is 25.0. The molecular weight excluding hydrogens is 170 g/mol. The minimum atomic E-state index is -0.538. The van der Waals surface area contributed by atoms with Gasteiger partial charge in [-0.15, -0.1) is 0 Å². The van der Waals surface area contributed by atoms with E-state index < -0.39 is 6.04 Å². The first-order chi connectivity index (χ1) is 6.18. The molecule has 2 heterocycles. The Labute approximate surface area is 75.1 Å². The monoisotopic (exact) mass is 179 g/mol. The summed E-state index contributed by atoms with van der Waals surface area (Å²) in [5.74, 6) is 0.796.